The maximum atomic E-state index is 12.6. The van der Waals surface area contributed by atoms with Crippen LogP contribution in [0.5, 0.6) is 11.5 Å². The first-order valence-corrected chi connectivity index (χ1v) is 8.45. The second kappa shape index (κ2) is 7.06. The molecule has 0 bridgehead atoms. The number of carbonyl (C=O) groups is 1. The van der Waals surface area contributed by atoms with Gasteiger partial charge in [0, 0.05) is 55.0 Å². The number of amides is 1. The highest BCUT2D eigenvalue weighted by molar-refractivity contribution is 5.96. The van der Waals surface area contributed by atoms with Crippen LogP contribution in [0.1, 0.15) is 18.2 Å². The monoisotopic (exact) mass is 366 g/mol. The van der Waals surface area contributed by atoms with Crippen molar-refractivity contribution in [3.63, 3.8) is 0 Å². The minimum atomic E-state index is -0.144. The molecule has 0 spiro atoms. The van der Waals surface area contributed by atoms with Crippen LogP contribution in [0, 0.1) is 0 Å². The van der Waals surface area contributed by atoms with E-state index in [4.69, 9.17) is 14.0 Å². The predicted molar refractivity (Wildman–Crippen MR) is 96.8 cm³/mol. The summed E-state index contributed by atoms with van der Waals surface area (Å²) in [5.41, 5.74) is 1.51. The van der Waals surface area contributed by atoms with E-state index in [9.17, 15) is 4.79 Å². The molecule has 8 heteroatoms. The highest BCUT2D eigenvalue weighted by atomic mass is 16.5. The zero-order valence-corrected chi connectivity index (χ0v) is 15.0. The van der Waals surface area contributed by atoms with Gasteiger partial charge in [-0.15, -0.1) is 0 Å². The van der Waals surface area contributed by atoms with E-state index in [0.29, 0.717) is 36.2 Å². The van der Waals surface area contributed by atoms with Gasteiger partial charge in [0.25, 0.3) is 5.89 Å². The van der Waals surface area contributed by atoms with Gasteiger partial charge >= 0.3 is 0 Å². The van der Waals surface area contributed by atoms with Gasteiger partial charge in [-0.1, -0.05) is 5.16 Å². The van der Waals surface area contributed by atoms with Crippen LogP contribution < -0.4 is 14.4 Å². The lowest BCUT2D eigenvalue weighted by Crippen LogP contribution is -2.24. The molecule has 1 aliphatic rings. The van der Waals surface area contributed by atoms with Crippen LogP contribution in [-0.4, -0.2) is 41.8 Å². The van der Waals surface area contributed by atoms with Crippen molar-refractivity contribution >= 4 is 11.6 Å². The van der Waals surface area contributed by atoms with Gasteiger partial charge in [0.2, 0.25) is 5.91 Å². The van der Waals surface area contributed by atoms with E-state index in [-0.39, 0.29) is 11.8 Å². The second-order valence-electron chi connectivity index (χ2n) is 6.17. The highest BCUT2D eigenvalue weighted by Gasteiger charge is 2.35. The number of anilines is 1. The maximum absolute atomic E-state index is 12.6. The first kappa shape index (κ1) is 17.0. The van der Waals surface area contributed by atoms with Crippen molar-refractivity contribution in [2.75, 3.05) is 25.7 Å². The molecule has 1 fully saturated rings. The number of nitrogens with zero attached hydrogens (tertiary/aromatic N) is 4. The summed E-state index contributed by atoms with van der Waals surface area (Å²) in [6, 6.07) is 8.97. The molecule has 8 nitrogen and oxygen atoms in total. The Bertz CT molecular complexity index is 935. The summed E-state index contributed by atoms with van der Waals surface area (Å²) in [6.45, 7) is 0.463. The molecule has 1 aromatic carbocycles. The molecule has 4 rings (SSSR count). The lowest BCUT2D eigenvalue weighted by atomic mass is 10.1. The number of methoxy groups -OCH3 is 2. The number of aromatic nitrogens is 3. The normalized spacial score (nSPS) is 16.6. The molecule has 0 radical (unpaired) electrons. The fourth-order valence-corrected chi connectivity index (χ4v) is 3.09. The van der Waals surface area contributed by atoms with Crippen LogP contribution in [0.15, 0.2) is 47.2 Å². The van der Waals surface area contributed by atoms with E-state index >= 15 is 0 Å². The van der Waals surface area contributed by atoms with Crippen molar-refractivity contribution in [3.8, 4) is 23.0 Å². The van der Waals surface area contributed by atoms with E-state index in [0.717, 1.165) is 11.3 Å². The highest BCUT2D eigenvalue weighted by Crippen LogP contribution is 2.35. The second-order valence-corrected chi connectivity index (χ2v) is 6.17. The van der Waals surface area contributed by atoms with Crippen LogP contribution in [0.3, 0.4) is 0 Å². The van der Waals surface area contributed by atoms with Crippen molar-refractivity contribution in [1.82, 2.24) is 15.1 Å². The molecule has 27 heavy (non-hydrogen) atoms. The molecule has 0 N–H and O–H groups in total. The molecule has 0 saturated carbocycles. The van der Waals surface area contributed by atoms with Gasteiger partial charge in [-0.2, -0.15) is 4.98 Å². The fourth-order valence-electron chi connectivity index (χ4n) is 3.09. The molecule has 1 amide bonds. The SMILES string of the molecule is COc1cc(OC)cc(N2CC(c3noc(-c4ccncc4)n3)CC2=O)c1. The Balaban J connectivity index is 1.57. The minimum Gasteiger partial charge on any atom is -0.497 e. The number of rotatable bonds is 5. The van der Waals surface area contributed by atoms with E-state index in [1.54, 1.807) is 61.8 Å². The predicted octanol–water partition coefficient (Wildman–Crippen LogP) is 2.67. The van der Waals surface area contributed by atoms with E-state index in [2.05, 4.69) is 15.1 Å². The lowest BCUT2D eigenvalue weighted by Gasteiger charge is -2.18. The van der Waals surface area contributed by atoms with Crippen molar-refractivity contribution in [3.05, 3.63) is 48.5 Å². The van der Waals surface area contributed by atoms with Gasteiger partial charge in [-0.3, -0.25) is 9.78 Å². The zero-order valence-electron chi connectivity index (χ0n) is 15.0. The molecule has 3 aromatic rings. The van der Waals surface area contributed by atoms with Crippen LogP contribution in [-0.2, 0) is 4.79 Å². The van der Waals surface area contributed by atoms with E-state index < -0.39 is 0 Å². The summed E-state index contributed by atoms with van der Waals surface area (Å²) in [5, 5.41) is 4.07. The van der Waals surface area contributed by atoms with Crippen LogP contribution in [0.2, 0.25) is 0 Å². The third kappa shape index (κ3) is 3.33. The van der Waals surface area contributed by atoms with Crippen molar-refractivity contribution in [2.45, 2.75) is 12.3 Å². The summed E-state index contributed by atoms with van der Waals surface area (Å²) >= 11 is 0. The average Bonchev–Trinajstić information content (AvgIpc) is 3.35. The summed E-state index contributed by atoms with van der Waals surface area (Å²) in [5.74, 6) is 2.04. The zero-order chi connectivity index (χ0) is 18.8. The standard InChI is InChI=1S/C19H18N4O4/c1-25-15-8-14(9-16(10-15)26-2)23-11-13(7-17(23)24)18-21-19(27-22-18)12-3-5-20-6-4-12/h3-6,8-10,13H,7,11H2,1-2H3. The Labute approximate surface area is 155 Å². The summed E-state index contributed by atoms with van der Waals surface area (Å²) in [4.78, 5) is 22.7. The maximum Gasteiger partial charge on any atom is 0.258 e. The van der Waals surface area contributed by atoms with E-state index in [1.807, 2.05) is 0 Å². The van der Waals surface area contributed by atoms with Gasteiger partial charge < -0.3 is 18.9 Å². The van der Waals surface area contributed by atoms with Crippen LogP contribution in [0.25, 0.3) is 11.5 Å². The van der Waals surface area contributed by atoms with Crippen LogP contribution >= 0.6 is 0 Å². The Hall–Kier alpha value is -3.42. The molecular weight excluding hydrogens is 348 g/mol. The molecule has 1 aliphatic heterocycles. The third-order valence-electron chi connectivity index (χ3n) is 4.51. The number of benzene rings is 1. The number of pyridine rings is 1. The minimum absolute atomic E-state index is 0.00873. The molecule has 138 valence electrons. The fraction of sp³-hybridized carbons (Fsp3) is 0.263. The first-order chi connectivity index (χ1) is 13.2. The average molecular weight is 366 g/mol. The van der Waals surface area contributed by atoms with Gasteiger partial charge in [0.05, 0.1) is 19.9 Å². The number of hydrogen-bond acceptors (Lipinski definition) is 7. The molecule has 1 saturated heterocycles. The van der Waals surface area contributed by atoms with Crippen molar-refractivity contribution < 1.29 is 18.8 Å². The van der Waals surface area contributed by atoms with Crippen LogP contribution in [0.4, 0.5) is 5.69 Å². The van der Waals surface area contributed by atoms with Gasteiger partial charge in [0.1, 0.15) is 11.5 Å². The van der Waals surface area contributed by atoms with Crippen molar-refractivity contribution in [2.24, 2.45) is 0 Å². The largest absolute Gasteiger partial charge is 0.497 e. The van der Waals surface area contributed by atoms with Gasteiger partial charge in [-0.25, -0.2) is 0 Å². The Morgan fingerprint density at radius 3 is 2.48 bits per heavy atom. The summed E-state index contributed by atoms with van der Waals surface area (Å²) < 4.78 is 15.9. The quantitative estimate of drug-likeness (QED) is 0.685. The molecular formula is C19H18N4O4. The molecule has 1 unspecified atom stereocenters. The summed E-state index contributed by atoms with van der Waals surface area (Å²) in [6.07, 6.45) is 3.64. The number of carbonyl (C=O) groups excluding carboxylic acids is 1. The van der Waals surface area contributed by atoms with E-state index in [1.165, 1.54) is 0 Å². The summed E-state index contributed by atoms with van der Waals surface area (Å²) in [7, 11) is 3.15. The Kier molecular flexibility index (Phi) is 4.45. The number of ether oxygens (including phenoxy) is 2. The Morgan fingerprint density at radius 1 is 1.11 bits per heavy atom. The lowest BCUT2D eigenvalue weighted by molar-refractivity contribution is -0.117. The number of hydrogen-bond donors (Lipinski definition) is 0. The van der Waals surface area contributed by atoms with Crippen molar-refractivity contribution in [1.29, 1.82) is 0 Å². The van der Waals surface area contributed by atoms with Gasteiger partial charge in [0.15, 0.2) is 5.82 Å². The third-order valence-corrected chi connectivity index (χ3v) is 4.51. The Morgan fingerprint density at radius 2 is 1.81 bits per heavy atom. The topological polar surface area (TPSA) is 90.6 Å². The smallest absolute Gasteiger partial charge is 0.258 e. The molecule has 2 aromatic heterocycles. The first-order valence-electron chi connectivity index (χ1n) is 8.45. The van der Waals surface area contributed by atoms with Gasteiger partial charge in [-0.05, 0) is 12.1 Å². The molecule has 1 atom stereocenters. The molecule has 3 heterocycles. The molecule has 0 aliphatic carbocycles.